The fraction of sp³-hybridized carbons (Fsp3) is 0.143. The van der Waals surface area contributed by atoms with Crippen molar-refractivity contribution in [2.75, 3.05) is 0 Å². The lowest BCUT2D eigenvalue weighted by Crippen LogP contribution is -2.15. The van der Waals surface area contributed by atoms with Gasteiger partial charge in [0.05, 0.1) is 67.4 Å². The highest BCUT2D eigenvalue weighted by Gasteiger charge is 2.29. The quantitative estimate of drug-likeness (QED) is 0.0412. The molecule has 0 unspecified atom stereocenters. The van der Waals surface area contributed by atoms with Gasteiger partial charge >= 0.3 is 0 Å². The van der Waals surface area contributed by atoms with Gasteiger partial charge in [0.15, 0.2) is 17.5 Å². The molecule has 0 fully saturated rings. The number of nitrogen functional groups attached to an aromatic ring is 1. The van der Waals surface area contributed by atoms with Gasteiger partial charge in [0.25, 0.3) is 0 Å². The first kappa shape index (κ1) is 39.3. The van der Waals surface area contributed by atoms with Crippen LogP contribution in [-0.2, 0) is 0 Å². The minimum absolute atomic E-state index is 0.121. The van der Waals surface area contributed by atoms with Crippen LogP contribution < -0.4 is 11.5 Å². The number of aromatic hydroxyl groups is 2. The number of aryl methyl sites for hydroxylation is 4. The molecular weight excluding hydrogens is 735 g/mol. The predicted molar refractivity (Wildman–Crippen MR) is 215 cm³/mol. The Hall–Kier alpha value is -7.42. The number of para-hydroxylation sites is 2. The number of phenols is 2. The maximum atomic E-state index is 14.8. The van der Waals surface area contributed by atoms with Crippen LogP contribution in [0.15, 0.2) is 99.1 Å². The van der Waals surface area contributed by atoms with Gasteiger partial charge in [-0.3, -0.25) is 5.41 Å². The lowest BCUT2D eigenvalue weighted by molar-refractivity contribution is 0.318. The largest absolute Gasteiger partial charge is 0.508 e. The van der Waals surface area contributed by atoms with Gasteiger partial charge < -0.3 is 45.1 Å². The maximum Gasteiger partial charge on any atom is 0.172 e. The third kappa shape index (κ3) is 6.79. The highest BCUT2D eigenvalue weighted by Crippen LogP contribution is 2.41. The van der Waals surface area contributed by atoms with E-state index < -0.39 is 11.6 Å². The van der Waals surface area contributed by atoms with Gasteiger partial charge in [0, 0.05) is 22.9 Å². The molecule has 0 radical (unpaired) electrons. The second-order valence-electron chi connectivity index (χ2n) is 12.7. The summed E-state index contributed by atoms with van der Waals surface area (Å²) in [5, 5.41) is 49.3. The SMILES string of the molecule is CC.Cc1noc(C)c1-c1c(/C(N)=N/O)c2ccccc2n1-c1ccc(O)cc1F.Cc1noc(C)c1-c1c(C(=N)N)c2ccccc2n1-c1ccc(O)cc1F. The molecule has 0 aliphatic heterocycles. The van der Waals surface area contributed by atoms with E-state index in [0.717, 1.165) is 12.1 Å². The summed E-state index contributed by atoms with van der Waals surface area (Å²) in [5.74, 6) is -0.792. The molecule has 8 N–H and O–H groups in total. The van der Waals surface area contributed by atoms with E-state index in [0.29, 0.717) is 78.4 Å². The lowest BCUT2D eigenvalue weighted by atomic mass is 10.0. The molecule has 292 valence electrons. The van der Waals surface area contributed by atoms with Crippen LogP contribution in [0.3, 0.4) is 0 Å². The van der Waals surface area contributed by atoms with Gasteiger partial charge in [-0.1, -0.05) is 65.7 Å². The number of benzene rings is 4. The Labute approximate surface area is 325 Å². The standard InChI is InChI=1S/C20H17FN4O3.C20H17FN4O2.C2H6/c1-10-17(11(2)28-24-10)19-18(20(22)23-27)13-5-3-4-6-15(13)25(19)16-8-7-12(26)9-14(16)21;1-10-17(11(2)27-24-10)19-18(20(22)23)13-5-3-4-6-15(13)25(19)16-8-7-12(26)9-14(16)21;1-2/h3-9,26-27H,1-2H3,(H2,22,23);3-9,26H,1-2H3,(H3,22,23);1-2H3. The molecule has 15 heteroatoms. The molecule has 0 amide bonds. The maximum absolute atomic E-state index is 14.8. The number of phenolic OH excluding ortho intramolecular Hbond substituents is 2. The average Bonchev–Trinajstić information content (AvgIpc) is 3.91. The summed E-state index contributed by atoms with van der Waals surface area (Å²) in [6, 6.07) is 22.4. The monoisotopic (exact) mass is 774 g/mol. The van der Waals surface area contributed by atoms with Crippen LogP contribution >= 0.6 is 0 Å². The van der Waals surface area contributed by atoms with Crippen molar-refractivity contribution in [2.45, 2.75) is 41.5 Å². The van der Waals surface area contributed by atoms with Crippen molar-refractivity contribution in [2.24, 2.45) is 16.6 Å². The number of nitrogens with zero attached hydrogens (tertiary/aromatic N) is 5. The first-order valence-electron chi connectivity index (χ1n) is 17.8. The van der Waals surface area contributed by atoms with E-state index in [4.69, 9.17) is 25.9 Å². The molecule has 13 nitrogen and oxygen atoms in total. The van der Waals surface area contributed by atoms with Crippen LogP contribution in [0, 0.1) is 44.7 Å². The normalized spacial score (nSPS) is 11.3. The van der Waals surface area contributed by atoms with E-state index in [-0.39, 0.29) is 34.5 Å². The van der Waals surface area contributed by atoms with Crippen molar-refractivity contribution in [3.63, 3.8) is 0 Å². The van der Waals surface area contributed by atoms with Gasteiger partial charge in [0.1, 0.15) is 28.9 Å². The Kier molecular flexibility index (Phi) is 10.8. The van der Waals surface area contributed by atoms with Crippen molar-refractivity contribution in [1.82, 2.24) is 19.4 Å². The molecule has 4 aromatic heterocycles. The van der Waals surface area contributed by atoms with Gasteiger partial charge in [-0.2, -0.15) is 0 Å². The number of aromatic nitrogens is 4. The van der Waals surface area contributed by atoms with Crippen LogP contribution in [0.4, 0.5) is 8.78 Å². The van der Waals surface area contributed by atoms with Gasteiger partial charge in [0.2, 0.25) is 0 Å². The zero-order valence-corrected chi connectivity index (χ0v) is 31.9. The molecule has 0 aliphatic carbocycles. The van der Waals surface area contributed by atoms with Gasteiger partial charge in [-0.25, -0.2) is 8.78 Å². The van der Waals surface area contributed by atoms with Crippen molar-refractivity contribution in [3.8, 4) is 45.4 Å². The zero-order valence-electron chi connectivity index (χ0n) is 31.9. The Balaban J connectivity index is 0.000000185. The number of amidine groups is 2. The fourth-order valence-corrected chi connectivity index (χ4v) is 7.03. The summed E-state index contributed by atoms with van der Waals surface area (Å²) in [6.45, 7) is 11.0. The lowest BCUT2D eigenvalue weighted by Gasteiger charge is -2.13. The van der Waals surface area contributed by atoms with Gasteiger partial charge in [-0.05, 0) is 64.1 Å². The highest BCUT2D eigenvalue weighted by molar-refractivity contribution is 6.15. The van der Waals surface area contributed by atoms with Crippen molar-refractivity contribution >= 4 is 33.5 Å². The number of hydrogen-bond acceptors (Lipinski definition) is 9. The highest BCUT2D eigenvalue weighted by atomic mass is 19.1. The Morgan fingerprint density at radius 2 is 1.07 bits per heavy atom. The summed E-state index contributed by atoms with van der Waals surface area (Å²) >= 11 is 0. The number of fused-ring (bicyclic) bond motifs is 2. The molecule has 57 heavy (non-hydrogen) atoms. The van der Waals surface area contributed by atoms with Crippen molar-refractivity contribution in [1.29, 1.82) is 5.41 Å². The molecule has 4 heterocycles. The second kappa shape index (κ2) is 15.7. The first-order valence-corrected chi connectivity index (χ1v) is 17.8. The minimum Gasteiger partial charge on any atom is -0.508 e. The van der Waals surface area contributed by atoms with Crippen LogP contribution in [0.5, 0.6) is 11.5 Å². The number of nitrogens with two attached hydrogens (primary N) is 2. The Morgan fingerprint density at radius 1 is 0.667 bits per heavy atom. The molecule has 0 saturated carbocycles. The second-order valence-corrected chi connectivity index (χ2v) is 12.7. The van der Waals surface area contributed by atoms with Crippen LogP contribution in [0.2, 0.25) is 0 Å². The predicted octanol–water partition coefficient (Wildman–Crippen LogP) is 8.90. The van der Waals surface area contributed by atoms with Gasteiger partial charge in [-0.15, -0.1) is 0 Å². The molecule has 0 saturated heterocycles. The van der Waals surface area contributed by atoms with E-state index in [1.54, 1.807) is 49.0 Å². The van der Waals surface area contributed by atoms with Crippen molar-refractivity contribution in [3.05, 3.63) is 131 Å². The molecule has 0 atom stereocenters. The number of hydrogen-bond donors (Lipinski definition) is 6. The molecule has 8 rings (SSSR count). The molecule has 8 aromatic rings. The van der Waals surface area contributed by atoms with Crippen LogP contribution in [0.25, 0.3) is 55.7 Å². The third-order valence-corrected chi connectivity index (χ3v) is 9.27. The Morgan fingerprint density at radius 3 is 1.44 bits per heavy atom. The molecule has 0 aliphatic rings. The number of oxime groups is 1. The van der Waals surface area contributed by atoms with Crippen LogP contribution in [-0.4, -0.2) is 46.5 Å². The molecule has 0 spiro atoms. The number of nitrogens with one attached hydrogen (secondary N) is 1. The summed E-state index contributed by atoms with van der Waals surface area (Å²) < 4.78 is 43.6. The summed E-state index contributed by atoms with van der Waals surface area (Å²) in [4.78, 5) is 0. The number of halogens is 2. The molecule has 4 aromatic carbocycles. The smallest absolute Gasteiger partial charge is 0.172 e. The summed E-state index contributed by atoms with van der Waals surface area (Å²) in [5.41, 5.74) is 18.1. The van der Waals surface area contributed by atoms with E-state index >= 15 is 0 Å². The number of rotatable bonds is 6. The van der Waals surface area contributed by atoms with Crippen LogP contribution in [0.1, 0.15) is 47.9 Å². The average molecular weight is 775 g/mol. The molecular formula is C42H40F2N8O5. The van der Waals surface area contributed by atoms with E-state index in [9.17, 15) is 24.2 Å². The minimum atomic E-state index is -0.625. The van der Waals surface area contributed by atoms with E-state index in [1.165, 1.54) is 24.3 Å². The topological polar surface area (TPSA) is 211 Å². The zero-order chi connectivity index (χ0) is 41.3. The Bertz CT molecular complexity index is 2790. The van der Waals surface area contributed by atoms with E-state index in [2.05, 4.69) is 15.5 Å². The first-order chi connectivity index (χ1) is 27.3. The van der Waals surface area contributed by atoms with Crippen molar-refractivity contribution < 1.29 is 33.2 Å². The fourth-order valence-electron chi connectivity index (χ4n) is 7.03. The molecule has 0 bridgehead atoms. The summed E-state index contributed by atoms with van der Waals surface area (Å²) in [6.07, 6.45) is 0. The van der Waals surface area contributed by atoms with E-state index in [1.807, 2.05) is 50.2 Å². The summed E-state index contributed by atoms with van der Waals surface area (Å²) in [7, 11) is 0. The third-order valence-electron chi connectivity index (χ3n) is 9.27.